The Kier molecular flexibility index (Phi) is 5.25. The van der Waals surface area contributed by atoms with Crippen LogP contribution in [0, 0.1) is 13.8 Å². The first kappa shape index (κ1) is 15.6. The van der Waals surface area contributed by atoms with Crippen LogP contribution in [0.2, 0.25) is 5.02 Å². The SMILES string of the molecule is CCNC(c1ccc(C)c(Cl)c1)c1ccc(C)c(Br)c1. The summed E-state index contributed by atoms with van der Waals surface area (Å²) in [7, 11) is 0. The summed E-state index contributed by atoms with van der Waals surface area (Å²) >= 11 is 9.88. The zero-order valence-electron chi connectivity index (χ0n) is 12.0. The Morgan fingerprint density at radius 2 is 1.65 bits per heavy atom. The molecule has 0 heterocycles. The van der Waals surface area contributed by atoms with Crippen molar-refractivity contribution in [2.75, 3.05) is 6.54 Å². The van der Waals surface area contributed by atoms with E-state index in [0.717, 1.165) is 21.6 Å². The van der Waals surface area contributed by atoms with Gasteiger partial charge in [0.25, 0.3) is 0 Å². The monoisotopic (exact) mass is 351 g/mol. The van der Waals surface area contributed by atoms with Crippen LogP contribution in [0.1, 0.15) is 35.2 Å². The topological polar surface area (TPSA) is 12.0 Å². The Morgan fingerprint density at radius 3 is 2.20 bits per heavy atom. The van der Waals surface area contributed by atoms with E-state index in [1.165, 1.54) is 16.7 Å². The van der Waals surface area contributed by atoms with Gasteiger partial charge in [-0.2, -0.15) is 0 Å². The lowest BCUT2D eigenvalue weighted by Gasteiger charge is -2.20. The molecule has 0 bridgehead atoms. The van der Waals surface area contributed by atoms with Crippen molar-refractivity contribution in [3.05, 3.63) is 68.1 Å². The highest BCUT2D eigenvalue weighted by Crippen LogP contribution is 2.29. The molecular formula is C17H19BrClN. The second kappa shape index (κ2) is 6.75. The molecule has 0 aliphatic carbocycles. The van der Waals surface area contributed by atoms with E-state index in [1.807, 2.05) is 6.92 Å². The quantitative estimate of drug-likeness (QED) is 0.775. The van der Waals surface area contributed by atoms with Crippen LogP contribution < -0.4 is 5.32 Å². The van der Waals surface area contributed by atoms with Crippen molar-refractivity contribution < 1.29 is 0 Å². The maximum Gasteiger partial charge on any atom is 0.0577 e. The van der Waals surface area contributed by atoms with E-state index in [1.54, 1.807) is 0 Å². The molecule has 0 saturated heterocycles. The Labute approximate surface area is 134 Å². The molecule has 0 aromatic heterocycles. The number of rotatable bonds is 4. The van der Waals surface area contributed by atoms with E-state index >= 15 is 0 Å². The molecule has 0 radical (unpaired) electrons. The fourth-order valence-electron chi connectivity index (χ4n) is 2.21. The fraction of sp³-hybridized carbons (Fsp3) is 0.294. The first-order valence-corrected chi connectivity index (χ1v) is 7.95. The standard InChI is InChI=1S/C17H19BrClN/c1-4-20-17(13-7-5-11(2)15(18)9-13)14-8-6-12(3)16(19)10-14/h5-10,17,20H,4H2,1-3H3. The van der Waals surface area contributed by atoms with Gasteiger partial charge in [0.1, 0.15) is 0 Å². The molecule has 106 valence electrons. The first-order chi connectivity index (χ1) is 9.52. The van der Waals surface area contributed by atoms with Crippen LogP contribution >= 0.6 is 27.5 Å². The van der Waals surface area contributed by atoms with E-state index in [-0.39, 0.29) is 6.04 Å². The van der Waals surface area contributed by atoms with Gasteiger partial charge in [-0.15, -0.1) is 0 Å². The third-order valence-electron chi connectivity index (χ3n) is 3.47. The molecule has 0 aliphatic heterocycles. The minimum absolute atomic E-state index is 0.162. The van der Waals surface area contributed by atoms with Gasteiger partial charge in [0.2, 0.25) is 0 Å². The van der Waals surface area contributed by atoms with Gasteiger partial charge in [-0.05, 0) is 54.8 Å². The molecule has 0 saturated carbocycles. The number of aryl methyl sites for hydroxylation is 2. The molecule has 2 aromatic rings. The molecule has 20 heavy (non-hydrogen) atoms. The predicted molar refractivity (Wildman–Crippen MR) is 90.6 cm³/mol. The second-order valence-corrected chi connectivity index (χ2v) is 6.27. The third-order valence-corrected chi connectivity index (χ3v) is 4.73. The first-order valence-electron chi connectivity index (χ1n) is 6.78. The van der Waals surface area contributed by atoms with Crippen molar-refractivity contribution >= 4 is 27.5 Å². The zero-order valence-corrected chi connectivity index (χ0v) is 14.3. The average molecular weight is 353 g/mol. The highest BCUT2D eigenvalue weighted by Gasteiger charge is 2.14. The number of hydrogen-bond donors (Lipinski definition) is 1. The smallest absolute Gasteiger partial charge is 0.0577 e. The largest absolute Gasteiger partial charge is 0.307 e. The number of halogens is 2. The highest BCUT2D eigenvalue weighted by molar-refractivity contribution is 9.10. The number of hydrogen-bond acceptors (Lipinski definition) is 1. The van der Waals surface area contributed by atoms with Crippen LogP contribution in [0.15, 0.2) is 40.9 Å². The van der Waals surface area contributed by atoms with Gasteiger partial charge >= 0.3 is 0 Å². The van der Waals surface area contributed by atoms with Gasteiger partial charge in [0.15, 0.2) is 0 Å². The summed E-state index contributed by atoms with van der Waals surface area (Å²) < 4.78 is 1.14. The molecule has 1 N–H and O–H groups in total. The summed E-state index contributed by atoms with van der Waals surface area (Å²) in [5.74, 6) is 0. The van der Waals surface area contributed by atoms with Gasteiger partial charge in [-0.1, -0.05) is 58.7 Å². The third kappa shape index (κ3) is 3.43. The number of nitrogens with one attached hydrogen (secondary N) is 1. The molecule has 1 unspecified atom stereocenters. The molecule has 0 aliphatic rings. The van der Waals surface area contributed by atoms with Crippen LogP contribution in [0.25, 0.3) is 0 Å². The fourth-order valence-corrected chi connectivity index (χ4v) is 2.80. The van der Waals surface area contributed by atoms with Gasteiger partial charge in [0.05, 0.1) is 6.04 Å². The molecule has 0 fully saturated rings. The van der Waals surface area contributed by atoms with E-state index in [4.69, 9.17) is 11.6 Å². The summed E-state index contributed by atoms with van der Waals surface area (Å²) in [6.45, 7) is 7.14. The minimum atomic E-state index is 0.162. The van der Waals surface area contributed by atoms with Crippen molar-refractivity contribution in [1.29, 1.82) is 0 Å². The summed E-state index contributed by atoms with van der Waals surface area (Å²) in [6, 6.07) is 12.9. The normalized spacial score (nSPS) is 12.4. The minimum Gasteiger partial charge on any atom is -0.307 e. The van der Waals surface area contributed by atoms with Crippen LogP contribution in [0.3, 0.4) is 0 Å². The van der Waals surface area contributed by atoms with Gasteiger partial charge in [0, 0.05) is 9.50 Å². The van der Waals surface area contributed by atoms with Crippen molar-refractivity contribution in [3.63, 3.8) is 0 Å². The summed E-state index contributed by atoms with van der Waals surface area (Å²) in [5, 5.41) is 4.35. The van der Waals surface area contributed by atoms with E-state index in [0.29, 0.717) is 0 Å². The Hall–Kier alpha value is -0.830. The van der Waals surface area contributed by atoms with Crippen LogP contribution in [0.5, 0.6) is 0 Å². The lowest BCUT2D eigenvalue weighted by atomic mass is 9.97. The van der Waals surface area contributed by atoms with Gasteiger partial charge in [-0.25, -0.2) is 0 Å². The number of benzene rings is 2. The molecule has 1 atom stereocenters. The maximum atomic E-state index is 6.26. The van der Waals surface area contributed by atoms with Crippen molar-refractivity contribution in [3.8, 4) is 0 Å². The summed E-state index contributed by atoms with van der Waals surface area (Å²) in [5.41, 5.74) is 4.78. The van der Waals surface area contributed by atoms with Crippen molar-refractivity contribution in [2.24, 2.45) is 0 Å². The summed E-state index contributed by atoms with van der Waals surface area (Å²) in [6.07, 6.45) is 0. The molecule has 0 spiro atoms. The molecule has 2 aromatic carbocycles. The zero-order chi connectivity index (χ0) is 14.7. The van der Waals surface area contributed by atoms with E-state index in [9.17, 15) is 0 Å². The van der Waals surface area contributed by atoms with Gasteiger partial charge in [-0.3, -0.25) is 0 Å². The Morgan fingerprint density at radius 1 is 1.05 bits per heavy atom. The molecule has 1 nitrogen and oxygen atoms in total. The second-order valence-electron chi connectivity index (χ2n) is 5.01. The molecule has 0 amide bonds. The lowest BCUT2D eigenvalue weighted by molar-refractivity contribution is 0.630. The van der Waals surface area contributed by atoms with Crippen LogP contribution in [-0.2, 0) is 0 Å². The molecular weight excluding hydrogens is 334 g/mol. The average Bonchev–Trinajstić information content (AvgIpc) is 2.43. The highest BCUT2D eigenvalue weighted by atomic mass is 79.9. The van der Waals surface area contributed by atoms with Crippen molar-refractivity contribution in [1.82, 2.24) is 5.32 Å². The van der Waals surface area contributed by atoms with Crippen molar-refractivity contribution in [2.45, 2.75) is 26.8 Å². The lowest BCUT2D eigenvalue weighted by Crippen LogP contribution is -2.22. The summed E-state index contributed by atoms with van der Waals surface area (Å²) in [4.78, 5) is 0. The maximum absolute atomic E-state index is 6.26. The molecule has 2 rings (SSSR count). The Balaban J connectivity index is 2.44. The van der Waals surface area contributed by atoms with Gasteiger partial charge < -0.3 is 5.32 Å². The van der Waals surface area contributed by atoms with Crippen LogP contribution in [0.4, 0.5) is 0 Å². The molecule has 3 heteroatoms. The Bertz CT molecular complexity index is 558. The van der Waals surface area contributed by atoms with E-state index in [2.05, 4.69) is 71.5 Å². The predicted octanol–water partition coefficient (Wildman–Crippen LogP) is 5.42. The van der Waals surface area contributed by atoms with E-state index < -0.39 is 0 Å². The van der Waals surface area contributed by atoms with Crippen LogP contribution in [-0.4, -0.2) is 6.54 Å².